The summed E-state index contributed by atoms with van der Waals surface area (Å²) in [5.41, 5.74) is 0.546. The zero-order chi connectivity index (χ0) is 13.7. The Morgan fingerprint density at radius 1 is 1.47 bits per heavy atom. The maximum absolute atomic E-state index is 10.8. The van der Waals surface area contributed by atoms with E-state index in [0.29, 0.717) is 28.1 Å². The van der Waals surface area contributed by atoms with Gasteiger partial charge >= 0.3 is 0 Å². The van der Waals surface area contributed by atoms with E-state index >= 15 is 0 Å². The molecule has 1 aliphatic rings. The molecule has 0 bridgehead atoms. The molecule has 19 heavy (non-hydrogen) atoms. The van der Waals surface area contributed by atoms with Crippen molar-refractivity contribution in [1.82, 2.24) is 0 Å². The van der Waals surface area contributed by atoms with E-state index in [1.165, 1.54) is 6.42 Å². The van der Waals surface area contributed by atoms with Crippen LogP contribution in [0.25, 0.3) is 0 Å². The smallest absolute Gasteiger partial charge is 0.175 e. The number of ether oxygens (including phenoxy) is 3. The number of benzene rings is 1. The Balaban J connectivity index is 2.07. The van der Waals surface area contributed by atoms with Crippen LogP contribution in [0.4, 0.5) is 0 Å². The van der Waals surface area contributed by atoms with Crippen LogP contribution in [0.5, 0.6) is 11.5 Å². The summed E-state index contributed by atoms with van der Waals surface area (Å²) in [6.07, 6.45) is 4.23. The fourth-order valence-corrected chi connectivity index (χ4v) is 2.64. The topological polar surface area (TPSA) is 44.8 Å². The van der Waals surface area contributed by atoms with Crippen molar-refractivity contribution in [1.29, 1.82) is 0 Å². The van der Waals surface area contributed by atoms with Gasteiger partial charge in [-0.3, -0.25) is 4.79 Å². The zero-order valence-electron chi connectivity index (χ0n) is 10.9. The minimum absolute atomic E-state index is 0.135. The standard InChI is InChI=1S/C14H17BrO4/c1-17-13-7-10(8-16)6-12(15)14(13)19-9-11-4-2-3-5-18-11/h6-8,11H,2-5,9H2,1H3. The molecular formula is C14H17BrO4. The van der Waals surface area contributed by atoms with Gasteiger partial charge in [0.1, 0.15) is 12.9 Å². The Hall–Kier alpha value is -1.07. The third kappa shape index (κ3) is 3.70. The number of aldehydes is 1. The number of halogens is 1. The van der Waals surface area contributed by atoms with E-state index < -0.39 is 0 Å². The van der Waals surface area contributed by atoms with Gasteiger partial charge in [-0.1, -0.05) is 0 Å². The molecule has 104 valence electrons. The van der Waals surface area contributed by atoms with Crippen molar-refractivity contribution in [3.05, 3.63) is 22.2 Å². The van der Waals surface area contributed by atoms with Gasteiger partial charge in [-0.2, -0.15) is 0 Å². The van der Waals surface area contributed by atoms with Crippen LogP contribution in [0.1, 0.15) is 29.6 Å². The molecule has 0 saturated carbocycles. The molecule has 0 aliphatic carbocycles. The highest BCUT2D eigenvalue weighted by atomic mass is 79.9. The van der Waals surface area contributed by atoms with Gasteiger partial charge in [0.25, 0.3) is 0 Å². The highest BCUT2D eigenvalue weighted by Crippen LogP contribution is 2.36. The average Bonchev–Trinajstić information content (AvgIpc) is 2.46. The van der Waals surface area contributed by atoms with Crippen molar-refractivity contribution >= 4 is 22.2 Å². The molecule has 1 aliphatic heterocycles. The summed E-state index contributed by atoms with van der Waals surface area (Å²) in [6.45, 7) is 1.30. The monoisotopic (exact) mass is 328 g/mol. The largest absolute Gasteiger partial charge is 0.493 e. The average molecular weight is 329 g/mol. The first-order valence-corrected chi connectivity index (χ1v) is 7.11. The molecule has 2 rings (SSSR count). The highest BCUT2D eigenvalue weighted by Gasteiger charge is 2.17. The van der Waals surface area contributed by atoms with Gasteiger partial charge < -0.3 is 14.2 Å². The predicted molar refractivity (Wildman–Crippen MR) is 75.2 cm³/mol. The summed E-state index contributed by atoms with van der Waals surface area (Å²) in [5.74, 6) is 1.16. The van der Waals surface area contributed by atoms with Crippen LogP contribution in [0.15, 0.2) is 16.6 Å². The Morgan fingerprint density at radius 3 is 2.95 bits per heavy atom. The second-order valence-electron chi connectivity index (χ2n) is 4.45. The van der Waals surface area contributed by atoms with Crippen molar-refractivity contribution in [2.75, 3.05) is 20.3 Å². The molecule has 1 fully saturated rings. The maximum Gasteiger partial charge on any atom is 0.175 e. The molecule has 5 heteroatoms. The molecule has 1 unspecified atom stereocenters. The van der Waals surface area contributed by atoms with Crippen LogP contribution >= 0.6 is 15.9 Å². The van der Waals surface area contributed by atoms with Crippen LogP contribution in [0, 0.1) is 0 Å². The van der Waals surface area contributed by atoms with E-state index in [9.17, 15) is 4.79 Å². The number of rotatable bonds is 5. The third-order valence-electron chi connectivity index (χ3n) is 3.08. The highest BCUT2D eigenvalue weighted by molar-refractivity contribution is 9.10. The van der Waals surface area contributed by atoms with Gasteiger partial charge in [-0.05, 0) is 47.3 Å². The molecule has 1 aromatic carbocycles. The lowest BCUT2D eigenvalue weighted by molar-refractivity contribution is -0.0116. The second kappa shape index (κ2) is 6.91. The van der Waals surface area contributed by atoms with E-state index in [4.69, 9.17) is 14.2 Å². The van der Waals surface area contributed by atoms with Crippen molar-refractivity contribution in [2.45, 2.75) is 25.4 Å². The number of hydrogen-bond donors (Lipinski definition) is 0. The molecule has 0 aromatic heterocycles. The van der Waals surface area contributed by atoms with E-state index in [2.05, 4.69) is 15.9 Å². The van der Waals surface area contributed by atoms with Crippen LogP contribution < -0.4 is 9.47 Å². The summed E-state index contributed by atoms with van der Waals surface area (Å²) >= 11 is 3.40. The maximum atomic E-state index is 10.8. The van der Waals surface area contributed by atoms with Gasteiger partial charge in [-0.25, -0.2) is 0 Å². The molecule has 1 heterocycles. The van der Waals surface area contributed by atoms with Gasteiger partial charge in [0.15, 0.2) is 11.5 Å². The first kappa shape index (κ1) is 14.3. The Labute approximate surface area is 121 Å². The lowest BCUT2D eigenvalue weighted by Crippen LogP contribution is -2.26. The minimum atomic E-state index is 0.135. The molecule has 0 radical (unpaired) electrons. The Morgan fingerprint density at radius 2 is 2.32 bits per heavy atom. The molecule has 0 spiro atoms. The minimum Gasteiger partial charge on any atom is -0.493 e. The van der Waals surface area contributed by atoms with Gasteiger partial charge in [0.2, 0.25) is 0 Å². The SMILES string of the molecule is COc1cc(C=O)cc(Br)c1OCC1CCCCO1. The van der Waals surface area contributed by atoms with Crippen molar-refractivity contribution in [3.63, 3.8) is 0 Å². The van der Waals surface area contributed by atoms with E-state index in [1.54, 1.807) is 19.2 Å². The van der Waals surface area contributed by atoms with Crippen molar-refractivity contribution in [2.24, 2.45) is 0 Å². The lowest BCUT2D eigenvalue weighted by atomic mass is 10.1. The molecule has 1 saturated heterocycles. The number of methoxy groups -OCH3 is 1. The number of hydrogen-bond acceptors (Lipinski definition) is 4. The second-order valence-corrected chi connectivity index (χ2v) is 5.31. The molecule has 0 N–H and O–H groups in total. The normalized spacial score (nSPS) is 18.9. The summed E-state index contributed by atoms with van der Waals surface area (Å²) in [4.78, 5) is 10.8. The van der Waals surface area contributed by atoms with E-state index in [0.717, 1.165) is 25.7 Å². The number of carbonyl (C=O) groups excluding carboxylic acids is 1. The summed E-state index contributed by atoms with van der Waals surface area (Å²) in [6, 6.07) is 3.38. The molecule has 1 aromatic rings. The molecule has 4 nitrogen and oxygen atoms in total. The van der Waals surface area contributed by atoms with Gasteiger partial charge in [0, 0.05) is 12.2 Å². The predicted octanol–water partition coefficient (Wildman–Crippen LogP) is 3.22. The first-order valence-electron chi connectivity index (χ1n) is 6.31. The summed E-state index contributed by atoms with van der Waals surface area (Å²) in [5, 5.41) is 0. The number of carbonyl (C=O) groups is 1. The fourth-order valence-electron chi connectivity index (χ4n) is 2.06. The molecule has 0 amide bonds. The zero-order valence-corrected chi connectivity index (χ0v) is 12.4. The van der Waals surface area contributed by atoms with E-state index in [-0.39, 0.29) is 6.10 Å². The lowest BCUT2D eigenvalue weighted by Gasteiger charge is -2.23. The van der Waals surface area contributed by atoms with Crippen LogP contribution in [-0.2, 0) is 4.74 Å². The van der Waals surface area contributed by atoms with Crippen LogP contribution in [-0.4, -0.2) is 32.7 Å². The fraction of sp³-hybridized carbons (Fsp3) is 0.500. The Kier molecular flexibility index (Phi) is 5.22. The molecule has 1 atom stereocenters. The van der Waals surface area contributed by atoms with Gasteiger partial charge in [-0.15, -0.1) is 0 Å². The van der Waals surface area contributed by atoms with Crippen molar-refractivity contribution in [3.8, 4) is 11.5 Å². The quantitative estimate of drug-likeness (QED) is 0.778. The Bertz CT molecular complexity index is 441. The van der Waals surface area contributed by atoms with E-state index in [1.807, 2.05) is 0 Å². The summed E-state index contributed by atoms with van der Waals surface area (Å²) < 4.78 is 17.4. The van der Waals surface area contributed by atoms with Crippen LogP contribution in [0.2, 0.25) is 0 Å². The third-order valence-corrected chi connectivity index (χ3v) is 3.66. The van der Waals surface area contributed by atoms with Crippen LogP contribution in [0.3, 0.4) is 0 Å². The molecular weight excluding hydrogens is 312 g/mol. The van der Waals surface area contributed by atoms with Gasteiger partial charge in [0.05, 0.1) is 17.7 Å². The first-order chi connectivity index (χ1) is 9.24. The summed E-state index contributed by atoms with van der Waals surface area (Å²) in [7, 11) is 1.56. The van der Waals surface area contributed by atoms with Crippen molar-refractivity contribution < 1.29 is 19.0 Å².